The minimum absolute atomic E-state index is 0.000498. The second-order valence-electron chi connectivity index (χ2n) is 5.47. The predicted molar refractivity (Wildman–Crippen MR) is 86.7 cm³/mol. The summed E-state index contributed by atoms with van der Waals surface area (Å²) in [5.74, 6) is -1.67. The highest BCUT2D eigenvalue weighted by Gasteiger charge is 2.22. The molecule has 0 heterocycles. The average Bonchev–Trinajstić information content (AvgIpc) is 2.51. The highest BCUT2D eigenvalue weighted by Crippen LogP contribution is 2.16. The van der Waals surface area contributed by atoms with Crippen LogP contribution in [0.4, 0.5) is 0 Å². The topological polar surface area (TPSA) is 95.5 Å². The third-order valence-electron chi connectivity index (χ3n) is 3.45. The molecular formula is C17H24N2O4. The Kier molecular flexibility index (Phi) is 7.80. The van der Waals surface area contributed by atoms with E-state index in [1.54, 1.807) is 0 Å². The number of aliphatic carboxylic acids is 1. The molecule has 0 fully saturated rings. The van der Waals surface area contributed by atoms with Crippen LogP contribution in [0.5, 0.6) is 0 Å². The maximum atomic E-state index is 12.2. The molecule has 1 aromatic carbocycles. The number of amides is 2. The third kappa shape index (κ3) is 6.95. The van der Waals surface area contributed by atoms with E-state index in [2.05, 4.69) is 10.6 Å². The number of hydrogen-bond acceptors (Lipinski definition) is 3. The van der Waals surface area contributed by atoms with Gasteiger partial charge in [0.2, 0.25) is 11.8 Å². The molecule has 6 heteroatoms. The van der Waals surface area contributed by atoms with E-state index in [9.17, 15) is 14.4 Å². The van der Waals surface area contributed by atoms with Crippen molar-refractivity contribution in [2.24, 2.45) is 0 Å². The fourth-order valence-electron chi connectivity index (χ4n) is 2.29. The molecule has 23 heavy (non-hydrogen) atoms. The summed E-state index contributed by atoms with van der Waals surface area (Å²) < 4.78 is 0. The van der Waals surface area contributed by atoms with Gasteiger partial charge in [0.05, 0.1) is 12.5 Å². The minimum atomic E-state index is -1.04. The van der Waals surface area contributed by atoms with Crippen molar-refractivity contribution in [3.63, 3.8) is 0 Å². The number of hydrogen-bond donors (Lipinski definition) is 3. The molecule has 6 nitrogen and oxygen atoms in total. The molecule has 126 valence electrons. The summed E-state index contributed by atoms with van der Waals surface area (Å²) in [6, 6.07) is 7.76. The van der Waals surface area contributed by atoms with E-state index in [0.717, 1.165) is 18.4 Å². The molecule has 2 amide bonds. The van der Waals surface area contributed by atoms with Crippen molar-refractivity contribution in [3.8, 4) is 0 Å². The number of benzene rings is 1. The lowest BCUT2D eigenvalue weighted by Gasteiger charge is -2.20. The van der Waals surface area contributed by atoms with Crippen molar-refractivity contribution >= 4 is 17.8 Å². The van der Waals surface area contributed by atoms with Crippen LogP contribution in [0, 0.1) is 0 Å². The monoisotopic (exact) mass is 320 g/mol. The van der Waals surface area contributed by atoms with Crippen LogP contribution < -0.4 is 10.6 Å². The second-order valence-corrected chi connectivity index (χ2v) is 5.47. The Bertz CT molecular complexity index is 531. The van der Waals surface area contributed by atoms with Gasteiger partial charge in [-0.3, -0.25) is 9.59 Å². The quantitative estimate of drug-likeness (QED) is 0.648. The van der Waals surface area contributed by atoms with Crippen LogP contribution >= 0.6 is 0 Å². The first-order chi connectivity index (χ1) is 10.9. The smallest absolute Gasteiger partial charge is 0.326 e. The van der Waals surface area contributed by atoms with Gasteiger partial charge in [0, 0.05) is 6.92 Å². The molecule has 0 saturated carbocycles. The fourth-order valence-corrected chi connectivity index (χ4v) is 2.29. The highest BCUT2D eigenvalue weighted by atomic mass is 16.4. The molecule has 1 rings (SSSR count). The number of carboxylic acid groups (broad SMARTS) is 1. The minimum Gasteiger partial charge on any atom is -0.480 e. The van der Waals surface area contributed by atoms with E-state index < -0.39 is 24.0 Å². The molecule has 0 aliphatic carbocycles. The lowest BCUT2D eigenvalue weighted by Crippen LogP contribution is -2.42. The van der Waals surface area contributed by atoms with Gasteiger partial charge in [0.1, 0.15) is 6.04 Å². The zero-order chi connectivity index (χ0) is 17.2. The lowest BCUT2D eigenvalue weighted by molar-refractivity contribution is -0.142. The van der Waals surface area contributed by atoms with Crippen LogP contribution in [-0.2, 0) is 14.4 Å². The SMILES string of the molecule is CCCC[C@H](NC(=O)CC(NC(C)=O)c1ccccc1)C(=O)O. The van der Waals surface area contributed by atoms with E-state index in [4.69, 9.17) is 5.11 Å². The van der Waals surface area contributed by atoms with Crippen LogP contribution in [0.15, 0.2) is 30.3 Å². The summed E-state index contributed by atoms with van der Waals surface area (Å²) in [6.45, 7) is 3.35. The van der Waals surface area contributed by atoms with Gasteiger partial charge in [0.15, 0.2) is 0 Å². The molecule has 2 atom stereocenters. The number of carboxylic acids is 1. The first-order valence-corrected chi connectivity index (χ1v) is 7.78. The zero-order valence-corrected chi connectivity index (χ0v) is 13.5. The average molecular weight is 320 g/mol. The molecule has 0 bridgehead atoms. The molecule has 0 saturated heterocycles. The van der Waals surface area contributed by atoms with E-state index in [0.29, 0.717) is 6.42 Å². The van der Waals surface area contributed by atoms with Gasteiger partial charge in [-0.2, -0.15) is 0 Å². The molecule has 1 unspecified atom stereocenters. The first kappa shape index (κ1) is 18.7. The summed E-state index contributed by atoms with van der Waals surface area (Å²) in [5, 5.41) is 14.4. The van der Waals surface area contributed by atoms with Gasteiger partial charge in [-0.25, -0.2) is 4.79 Å². The maximum Gasteiger partial charge on any atom is 0.326 e. The van der Waals surface area contributed by atoms with Gasteiger partial charge in [-0.1, -0.05) is 50.1 Å². The summed E-state index contributed by atoms with van der Waals surface area (Å²) in [6.07, 6.45) is 1.98. The van der Waals surface area contributed by atoms with Crippen LogP contribution in [0.3, 0.4) is 0 Å². The Hall–Kier alpha value is -2.37. The van der Waals surface area contributed by atoms with Gasteiger partial charge in [0.25, 0.3) is 0 Å². The molecule has 0 spiro atoms. The van der Waals surface area contributed by atoms with E-state index in [-0.39, 0.29) is 12.3 Å². The Balaban J connectivity index is 2.72. The number of carbonyl (C=O) groups is 3. The second kappa shape index (κ2) is 9.61. The molecule has 3 N–H and O–H groups in total. The highest BCUT2D eigenvalue weighted by molar-refractivity contribution is 5.84. The molecular weight excluding hydrogens is 296 g/mol. The molecule has 0 aromatic heterocycles. The number of unbranched alkanes of at least 4 members (excludes halogenated alkanes) is 1. The van der Waals surface area contributed by atoms with Crippen molar-refractivity contribution in [2.45, 2.75) is 51.6 Å². The third-order valence-corrected chi connectivity index (χ3v) is 3.45. The van der Waals surface area contributed by atoms with Crippen molar-refractivity contribution in [1.29, 1.82) is 0 Å². The first-order valence-electron chi connectivity index (χ1n) is 7.78. The van der Waals surface area contributed by atoms with Crippen molar-refractivity contribution < 1.29 is 19.5 Å². The van der Waals surface area contributed by atoms with Gasteiger partial charge in [-0.05, 0) is 12.0 Å². The van der Waals surface area contributed by atoms with E-state index in [1.807, 2.05) is 37.3 Å². The number of carbonyl (C=O) groups excluding carboxylic acids is 2. The number of rotatable bonds is 9. The van der Waals surface area contributed by atoms with Gasteiger partial charge >= 0.3 is 5.97 Å². The molecule has 0 aliphatic heterocycles. The zero-order valence-electron chi connectivity index (χ0n) is 13.5. The van der Waals surface area contributed by atoms with E-state index in [1.165, 1.54) is 6.92 Å². The van der Waals surface area contributed by atoms with Crippen LogP contribution in [-0.4, -0.2) is 28.9 Å². The largest absolute Gasteiger partial charge is 0.480 e. The normalized spacial score (nSPS) is 13.0. The Morgan fingerprint density at radius 3 is 2.30 bits per heavy atom. The van der Waals surface area contributed by atoms with Crippen LogP contribution in [0.2, 0.25) is 0 Å². The van der Waals surface area contributed by atoms with Gasteiger partial charge < -0.3 is 15.7 Å². The Labute approximate surface area is 136 Å². The van der Waals surface area contributed by atoms with Crippen molar-refractivity contribution in [2.75, 3.05) is 0 Å². The Morgan fingerprint density at radius 1 is 1.13 bits per heavy atom. The molecule has 0 radical (unpaired) electrons. The van der Waals surface area contributed by atoms with Crippen LogP contribution in [0.25, 0.3) is 0 Å². The van der Waals surface area contributed by atoms with Crippen molar-refractivity contribution in [3.05, 3.63) is 35.9 Å². The molecule has 1 aromatic rings. The van der Waals surface area contributed by atoms with Crippen molar-refractivity contribution in [1.82, 2.24) is 10.6 Å². The summed E-state index contributed by atoms with van der Waals surface area (Å²) in [4.78, 5) is 34.7. The fraction of sp³-hybridized carbons (Fsp3) is 0.471. The summed E-state index contributed by atoms with van der Waals surface area (Å²) in [5.41, 5.74) is 0.804. The Morgan fingerprint density at radius 2 is 1.78 bits per heavy atom. The van der Waals surface area contributed by atoms with Crippen LogP contribution in [0.1, 0.15) is 51.1 Å². The number of nitrogens with one attached hydrogen (secondary N) is 2. The predicted octanol–water partition coefficient (Wildman–Crippen LogP) is 2.01. The summed E-state index contributed by atoms with van der Waals surface area (Å²) in [7, 11) is 0. The molecule has 0 aliphatic rings. The van der Waals surface area contributed by atoms with E-state index >= 15 is 0 Å². The summed E-state index contributed by atoms with van der Waals surface area (Å²) >= 11 is 0. The maximum absolute atomic E-state index is 12.2. The standard InChI is InChI=1S/C17H24N2O4/c1-3-4-10-14(17(22)23)19-16(21)11-15(18-12(2)20)13-8-6-5-7-9-13/h5-9,14-15H,3-4,10-11H2,1-2H3,(H,18,20)(H,19,21)(H,22,23)/t14-,15?/m0/s1. The van der Waals surface area contributed by atoms with Gasteiger partial charge in [-0.15, -0.1) is 0 Å². The lowest BCUT2D eigenvalue weighted by atomic mass is 10.0.